The van der Waals surface area contributed by atoms with Gasteiger partial charge in [-0.05, 0) is 67.4 Å². The summed E-state index contributed by atoms with van der Waals surface area (Å²) in [6.45, 7) is 9.72. The second-order valence-electron chi connectivity index (χ2n) is 10.00. The minimum atomic E-state index is -0.865. The number of nitrogens with one attached hydrogen (secondary N) is 1. The van der Waals surface area contributed by atoms with E-state index in [1.165, 1.54) is 12.1 Å². The van der Waals surface area contributed by atoms with Crippen molar-refractivity contribution < 1.29 is 23.8 Å². The zero-order valence-corrected chi connectivity index (χ0v) is 22.8. The van der Waals surface area contributed by atoms with Crippen molar-refractivity contribution in [1.82, 2.24) is 20.1 Å². The van der Waals surface area contributed by atoms with Crippen LogP contribution in [0.2, 0.25) is 0 Å². The van der Waals surface area contributed by atoms with Gasteiger partial charge < -0.3 is 20.1 Å². The molecule has 1 saturated heterocycles. The van der Waals surface area contributed by atoms with Gasteiger partial charge in [-0.1, -0.05) is 24.8 Å². The number of aromatic nitrogens is 1. The molecule has 210 valence electrons. The maximum atomic E-state index is 14.5. The predicted molar refractivity (Wildman–Crippen MR) is 150 cm³/mol. The molecule has 9 heteroatoms. The van der Waals surface area contributed by atoms with E-state index in [1.807, 2.05) is 13.0 Å². The maximum Gasteiger partial charge on any atom is 0.251 e. The maximum absolute atomic E-state index is 14.5. The molecule has 8 nitrogen and oxygen atoms in total. The minimum Gasteiger partial charge on any atom is -0.484 e. The lowest BCUT2D eigenvalue weighted by Gasteiger charge is -2.40. The molecule has 1 aliphatic rings. The minimum absolute atomic E-state index is 0.00382. The molecular formula is C31H35FN4O4. The Hall–Kier alpha value is -4.08. The molecule has 0 saturated carbocycles. The Kier molecular flexibility index (Phi) is 9.63. The zero-order chi connectivity index (χ0) is 28.6. The number of carbonyl (C=O) groups excluding carboxylic acids is 2. The van der Waals surface area contributed by atoms with Crippen molar-refractivity contribution in [2.24, 2.45) is 0 Å². The van der Waals surface area contributed by atoms with Crippen molar-refractivity contribution in [3.05, 3.63) is 108 Å². The van der Waals surface area contributed by atoms with E-state index in [0.29, 0.717) is 54.2 Å². The van der Waals surface area contributed by atoms with Crippen LogP contribution in [-0.4, -0.2) is 70.5 Å². The average molecular weight is 547 g/mol. The van der Waals surface area contributed by atoms with E-state index in [9.17, 15) is 19.1 Å². The number of aliphatic hydroxyl groups is 1. The van der Waals surface area contributed by atoms with Crippen molar-refractivity contribution in [3.8, 4) is 5.75 Å². The molecule has 40 heavy (non-hydrogen) atoms. The van der Waals surface area contributed by atoms with E-state index in [4.69, 9.17) is 4.74 Å². The van der Waals surface area contributed by atoms with Crippen LogP contribution in [0.15, 0.2) is 79.6 Å². The number of piperazine rings is 1. The number of pyridine rings is 1. The Morgan fingerprint density at radius 3 is 2.62 bits per heavy atom. The second-order valence-corrected chi connectivity index (χ2v) is 10.00. The first-order chi connectivity index (χ1) is 19.2. The highest BCUT2D eigenvalue weighted by Gasteiger charge is 2.28. The summed E-state index contributed by atoms with van der Waals surface area (Å²) in [5, 5.41) is 13.0. The number of nitrogens with zero attached hydrogens (tertiary/aromatic N) is 3. The van der Waals surface area contributed by atoms with Gasteiger partial charge in [0.05, 0.1) is 6.10 Å². The molecule has 4 rings (SSSR count). The van der Waals surface area contributed by atoms with Gasteiger partial charge in [-0.3, -0.25) is 19.5 Å². The third-order valence-electron chi connectivity index (χ3n) is 7.08. The zero-order valence-electron chi connectivity index (χ0n) is 22.8. The molecule has 1 aliphatic heterocycles. The van der Waals surface area contributed by atoms with Gasteiger partial charge in [0.2, 0.25) is 5.91 Å². The summed E-state index contributed by atoms with van der Waals surface area (Å²) >= 11 is 0. The lowest BCUT2D eigenvalue weighted by molar-refractivity contribution is -0.130. The van der Waals surface area contributed by atoms with Crippen LogP contribution in [0.1, 0.15) is 46.2 Å². The third-order valence-corrected chi connectivity index (χ3v) is 7.08. The Bertz CT molecular complexity index is 1320. The first-order valence-corrected chi connectivity index (χ1v) is 13.3. The molecule has 3 aromatic rings. The Morgan fingerprint density at radius 2 is 1.98 bits per heavy atom. The molecule has 0 spiro atoms. The molecule has 0 aliphatic carbocycles. The highest BCUT2D eigenvalue weighted by molar-refractivity contribution is 5.94. The summed E-state index contributed by atoms with van der Waals surface area (Å²) in [6.07, 6.45) is 3.17. The molecule has 2 N–H and O–H groups in total. The molecule has 1 aromatic heterocycles. The van der Waals surface area contributed by atoms with Crippen LogP contribution in [0.4, 0.5) is 4.39 Å². The van der Waals surface area contributed by atoms with Gasteiger partial charge in [0.15, 0.2) is 0 Å². The SMILES string of the molecule is C=CC(=O)N1CCN(C[C@H](Oc2ccc(C(=O)NC[C@@H](O)c3cccnc3)cc2)c2ccc(C)c(F)c2)C[C@H]1C. The van der Waals surface area contributed by atoms with Crippen molar-refractivity contribution in [2.45, 2.75) is 32.1 Å². The van der Waals surface area contributed by atoms with E-state index in [-0.39, 0.29) is 30.2 Å². The topological polar surface area (TPSA) is 95.0 Å². The number of carbonyl (C=O) groups is 2. The van der Waals surface area contributed by atoms with Gasteiger partial charge in [-0.15, -0.1) is 0 Å². The van der Waals surface area contributed by atoms with Crippen LogP contribution in [0.3, 0.4) is 0 Å². The van der Waals surface area contributed by atoms with Crippen LogP contribution in [0.5, 0.6) is 5.75 Å². The van der Waals surface area contributed by atoms with Crippen molar-refractivity contribution >= 4 is 11.8 Å². The standard InChI is InChI=1S/C31H35FN4O4/c1-4-30(38)36-15-14-35(19-22(36)3)20-29(24-8-7-21(2)27(32)16-24)40-26-11-9-23(10-12-26)31(39)34-18-28(37)25-6-5-13-33-17-25/h4-13,16-17,22,28-29,37H,1,14-15,18-20H2,2-3H3,(H,34,39)/t22-,28-,29+/m1/s1. The highest BCUT2D eigenvalue weighted by atomic mass is 19.1. The fourth-order valence-electron chi connectivity index (χ4n) is 4.73. The van der Waals surface area contributed by atoms with Crippen molar-refractivity contribution in [2.75, 3.05) is 32.7 Å². The smallest absolute Gasteiger partial charge is 0.251 e. The quantitative estimate of drug-likeness (QED) is 0.376. The van der Waals surface area contributed by atoms with Gasteiger partial charge in [0, 0.05) is 62.3 Å². The Balaban J connectivity index is 1.42. The van der Waals surface area contributed by atoms with E-state index in [0.717, 1.165) is 0 Å². The number of amides is 2. The summed E-state index contributed by atoms with van der Waals surface area (Å²) < 4.78 is 20.8. The van der Waals surface area contributed by atoms with Crippen LogP contribution in [0, 0.1) is 12.7 Å². The number of hydrogen-bond donors (Lipinski definition) is 2. The van der Waals surface area contributed by atoms with Gasteiger partial charge >= 0.3 is 0 Å². The molecule has 2 heterocycles. The van der Waals surface area contributed by atoms with E-state index in [2.05, 4.69) is 21.8 Å². The fraction of sp³-hybridized carbons (Fsp3) is 0.323. The molecule has 0 unspecified atom stereocenters. The van der Waals surface area contributed by atoms with Crippen LogP contribution in [-0.2, 0) is 4.79 Å². The number of hydrogen-bond acceptors (Lipinski definition) is 6. The van der Waals surface area contributed by atoms with Gasteiger partial charge in [0.25, 0.3) is 5.91 Å². The van der Waals surface area contributed by atoms with Crippen molar-refractivity contribution in [3.63, 3.8) is 0 Å². The first-order valence-electron chi connectivity index (χ1n) is 13.3. The number of benzene rings is 2. The summed E-state index contributed by atoms with van der Waals surface area (Å²) in [7, 11) is 0. The lowest BCUT2D eigenvalue weighted by atomic mass is 10.0. The Labute approximate surface area is 234 Å². The summed E-state index contributed by atoms with van der Waals surface area (Å²) in [5.41, 5.74) is 2.29. The number of ether oxygens (including phenoxy) is 1. The molecule has 2 amide bonds. The van der Waals surface area contributed by atoms with Crippen LogP contribution in [0.25, 0.3) is 0 Å². The molecule has 1 fully saturated rings. The number of halogens is 1. The summed E-state index contributed by atoms with van der Waals surface area (Å²) in [4.78, 5) is 32.7. The van der Waals surface area contributed by atoms with Gasteiger partial charge in [-0.2, -0.15) is 0 Å². The van der Waals surface area contributed by atoms with E-state index in [1.54, 1.807) is 66.7 Å². The molecule has 3 atom stereocenters. The average Bonchev–Trinajstić information content (AvgIpc) is 2.97. The summed E-state index contributed by atoms with van der Waals surface area (Å²) in [6, 6.07) is 15.3. The highest BCUT2D eigenvalue weighted by Crippen LogP contribution is 2.26. The summed E-state index contributed by atoms with van der Waals surface area (Å²) in [5.74, 6) is -0.184. The van der Waals surface area contributed by atoms with E-state index < -0.39 is 12.2 Å². The van der Waals surface area contributed by atoms with Gasteiger partial charge in [0.1, 0.15) is 17.7 Å². The first kappa shape index (κ1) is 28.9. The number of aryl methyl sites for hydroxylation is 1. The molecule has 2 aromatic carbocycles. The normalized spacial score (nSPS) is 17.1. The van der Waals surface area contributed by atoms with Gasteiger partial charge in [-0.25, -0.2) is 4.39 Å². The van der Waals surface area contributed by atoms with E-state index >= 15 is 0 Å². The number of rotatable bonds is 10. The van der Waals surface area contributed by atoms with Crippen LogP contribution < -0.4 is 10.1 Å². The lowest BCUT2D eigenvalue weighted by Crippen LogP contribution is -2.54. The monoisotopic (exact) mass is 546 g/mol. The molecule has 0 bridgehead atoms. The third kappa shape index (κ3) is 7.31. The molecular weight excluding hydrogens is 511 g/mol. The largest absolute Gasteiger partial charge is 0.484 e. The van der Waals surface area contributed by atoms with Crippen molar-refractivity contribution in [1.29, 1.82) is 0 Å². The fourth-order valence-corrected chi connectivity index (χ4v) is 4.73. The Morgan fingerprint density at radius 1 is 1.20 bits per heavy atom. The number of aliphatic hydroxyl groups excluding tert-OH is 1. The van der Waals surface area contributed by atoms with Crippen LogP contribution >= 0.6 is 0 Å². The second kappa shape index (κ2) is 13.3. The predicted octanol–water partition coefficient (Wildman–Crippen LogP) is 3.83. The molecule has 0 radical (unpaired) electrons.